The molecule has 0 aliphatic carbocycles. The molecule has 2 aromatic carbocycles. The molecular formula is C20H21Cl2N5. The summed E-state index contributed by atoms with van der Waals surface area (Å²) in [6.07, 6.45) is 4.90. The number of halogens is 2. The fourth-order valence-corrected chi connectivity index (χ4v) is 2.94. The van der Waals surface area contributed by atoms with Gasteiger partial charge in [0.05, 0.1) is 15.7 Å². The minimum atomic E-state index is 0.392. The van der Waals surface area contributed by atoms with Gasteiger partial charge in [0.15, 0.2) is 11.6 Å². The molecule has 7 heteroatoms. The van der Waals surface area contributed by atoms with Crippen molar-refractivity contribution in [2.45, 2.75) is 26.2 Å². The van der Waals surface area contributed by atoms with E-state index in [1.54, 1.807) is 18.2 Å². The maximum atomic E-state index is 6.24. The van der Waals surface area contributed by atoms with Crippen LogP contribution in [0.2, 0.25) is 10.0 Å². The fraction of sp³-hybridized carbons (Fsp3) is 0.200. The third kappa shape index (κ3) is 4.81. The lowest BCUT2D eigenvalue weighted by molar-refractivity contribution is 0.795. The van der Waals surface area contributed by atoms with Crippen LogP contribution in [-0.2, 0) is 6.42 Å². The van der Waals surface area contributed by atoms with Crippen LogP contribution in [0.25, 0.3) is 0 Å². The number of nitrogens with one attached hydrogen (secondary N) is 2. The molecule has 0 bridgehead atoms. The second-order valence-corrected chi connectivity index (χ2v) is 6.92. The Hall–Kier alpha value is -2.50. The number of nitrogen functional groups attached to an aromatic ring is 1. The van der Waals surface area contributed by atoms with Gasteiger partial charge in [0.1, 0.15) is 12.0 Å². The molecule has 0 atom stereocenters. The first-order chi connectivity index (χ1) is 13.1. The van der Waals surface area contributed by atoms with Crippen LogP contribution < -0.4 is 16.4 Å². The molecule has 1 aromatic heterocycles. The van der Waals surface area contributed by atoms with E-state index in [-0.39, 0.29) is 0 Å². The molecule has 0 saturated heterocycles. The average Bonchev–Trinajstić information content (AvgIpc) is 2.68. The highest BCUT2D eigenvalue weighted by molar-refractivity contribution is 6.43. The predicted octanol–water partition coefficient (Wildman–Crippen LogP) is 6.20. The topological polar surface area (TPSA) is 75.9 Å². The van der Waals surface area contributed by atoms with Crippen molar-refractivity contribution in [3.05, 3.63) is 64.4 Å². The molecule has 27 heavy (non-hydrogen) atoms. The molecule has 0 amide bonds. The zero-order valence-corrected chi connectivity index (χ0v) is 16.5. The lowest BCUT2D eigenvalue weighted by Gasteiger charge is -2.14. The van der Waals surface area contributed by atoms with Crippen molar-refractivity contribution in [2.24, 2.45) is 0 Å². The summed E-state index contributed by atoms with van der Waals surface area (Å²) in [6.45, 7) is 2.19. The highest BCUT2D eigenvalue weighted by Gasteiger charge is 2.11. The molecule has 0 fully saturated rings. The first-order valence-corrected chi connectivity index (χ1v) is 9.51. The van der Waals surface area contributed by atoms with Gasteiger partial charge in [-0.2, -0.15) is 0 Å². The molecule has 0 radical (unpaired) electrons. The van der Waals surface area contributed by atoms with Gasteiger partial charge in [-0.15, -0.1) is 0 Å². The Labute approximate surface area is 168 Å². The van der Waals surface area contributed by atoms with Crippen LogP contribution in [0.1, 0.15) is 25.3 Å². The van der Waals surface area contributed by atoms with Crippen molar-refractivity contribution in [1.29, 1.82) is 0 Å². The molecule has 0 unspecified atom stereocenters. The van der Waals surface area contributed by atoms with Gasteiger partial charge in [-0.3, -0.25) is 0 Å². The number of unbranched alkanes of at least 4 members (excludes halogenated alkanes) is 1. The molecular weight excluding hydrogens is 381 g/mol. The van der Waals surface area contributed by atoms with Crippen molar-refractivity contribution in [2.75, 3.05) is 16.4 Å². The number of hydrogen-bond acceptors (Lipinski definition) is 5. The smallest absolute Gasteiger partial charge is 0.159 e. The van der Waals surface area contributed by atoms with Gasteiger partial charge in [0, 0.05) is 5.69 Å². The molecule has 4 N–H and O–H groups in total. The van der Waals surface area contributed by atoms with Gasteiger partial charge < -0.3 is 16.4 Å². The van der Waals surface area contributed by atoms with E-state index in [4.69, 9.17) is 28.9 Å². The molecule has 5 nitrogen and oxygen atoms in total. The van der Waals surface area contributed by atoms with Crippen LogP contribution in [-0.4, -0.2) is 9.97 Å². The van der Waals surface area contributed by atoms with Crippen LogP contribution in [0.15, 0.2) is 48.8 Å². The maximum absolute atomic E-state index is 6.24. The summed E-state index contributed by atoms with van der Waals surface area (Å²) in [7, 11) is 0. The van der Waals surface area contributed by atoms with E-state index >= 15 is 0 Å². The Kier molecular flexibility index (Phi) is 6.37. The van der Waals surface area contributed by atoms with Crippen molar-refractivity contribution < 1.29 is 0 Å². The Bertz CT molecular complexity index is 913. The predicted molar refractivity (Wildman–Crippen MR) is 115 cm³/mol. The fourth-order valence-electron chi connectivity index (χ4n) is 2.60. The summed E-state index contributed by atoms with van der Waals surface area (Å²) in [6, 6.07) is 13.6. The van der Waals surface area contributed by atoms with Crippen molar-refractivity contribution in [3.8, 4) is 0 Å². The molecule has 140 valence electrons. The third-order valence-electron chi connectivity index (χ3n) is 4.12. The summed E-state index contributed by atoms with van der Waals surface area (Å²) >= 11 is 12.3. The van der Waals surface area contributed by atoms with Crippen LogP contribution >= 0.6 is 23.2 Å². The zero-order valence-electron chi connectivity index (χ0n) is 15.0. The average molecular weight is 402 g/mol. The van der Waals surface area contributed by atoms with Gasteiger partial charge in [-0.05, 0) is 42.7 Å². The van der Waals surface area contributed by atoms with Crippen molar-refractivity contribution in [1.82, 2.24) is 9.97 Å². The lowest BCUT2D eigenvalue weighted by Crippen LogP contribution is -2.05. The summed E-state index contributed by atoms with van der Waals surface area (Å²) in [5.41, 5.74) is 9.48. The van der Waals surface area contributed by atoms with Gasteiger partial charge in [-0.25, -0.2) is 9.97 Å². The van der Waals surface area contributed by atoms with E-state index in [1.807, 2.05) is 12.1 Å². The van der Waals surface area contributed by atoms with Crippen LogP contribution in [0.5, 0.6) is 0 Å². The number of rotatable bonds is 7. The van der Waals surface area contributed by atoms with Crippen LogP contribution in [0.4, 0.5) is 28.7 Å². The molecule has 1 heterocycles. The van der Waals surface area contributed by atoms with E-state index in [9.17, 15) is 0 Å². The standard InChI is InChI=1S/C20H21Cl2N5/c1-2-3-5-13-8-10-14(11-9-13)26-19-18(23)20(25-12-24-19)27-16-7-4-6-15(21)17(16)22/h4,6-12H,2-3,5,23H2,1H3,(H2,24,25,26,27). The van der Waals surface area contributed by atoms with Crippen molar-refractivity contribution in [3.63, 3.8) is 0 Å². The van der Waals surface area contributed by atoms with Crippen LogP contribution in [0, 0.1) is 0 Å². The minimum Gasteiger partial charge on any atom is -0.393 e. The largest absolute Gasteiger partial charge is 0.393 e. The Morgan fingerprint density at radius 2 is 1.67 bits per heavy atom. The van der Waals surface area contributed by atoms with E-state index in [1.165, 1.54) is 24.7 Å². The lowest BCUT2D eigenvalue weighted by atomic mass is 10.1. The van der Waals surface area contributed by atoms with E-state index in [0.29, 0.717) is 33.1 Å². The van der Waals surface area contributed by atoms with Gasteiger partial charge in [0.2, 0.25) is 0 Å². The summed E-state index contributed by atoms with van der Waals surface area (Å²) in [5.74, 6) is 0.975. The molecule has 3 rings (SSSR count). The minimum absolute atomic E-state index is 0.392. The number of nitrogens with zero attached hydrogens (tertiary/aromatic N) is 2. The first kappa shape index (κ1) is 19.3. The summed E-state index contributed by atoms with van der Waals surface area (Å²) in [4.78, 5) is 8.45. The van der Waals surface area contributed by atoms with E-state index in [2.05, 4.69) is 39.7 Å². The molecule has 0 saturated carbocycles. The Morgan fingerprint density at radius 3 is 2.37 bits per heavy atom. The quantitative estimate of drug-likeness (QED) is 0.439. The van der Waals surface area contributed by atoms with E-state index < -0.39 is 0 Å². The highest BCUT2D eigenvalue weighted by Crippen LogP contribution is 2.34. The Morgan fingerprint density at radius 1 is 0.963 bits per heavy atom. The molecule has 0 spiro atoms. The normalized spacial score (nSPS) is 10.6. The number of hydrogen-bond donors (Lipinski definition) is 3. The molecule has 0 aliphatic heterocycles. The number of aryl methyl sites for hydroxylation is 1. The molecule has 0 aliphatic rings. The maximum Gasteiger partial charge on any atom is 0.159 e. The third-order valence-corrected chi connectivity index (χ3v) is 4.94. The molecule has 3 aromatic rings. The number of nitrogens with two attached hydrogens (primary N) is 1. The second kappa shape index (κ2) is 8.93. The number of aromatic nitrogens is 2. The van der Waals surface area contributed by atoms with Gasteiger partial charge in [-0.1, -0.05) is 54.7 Å². The number of anilines is 5. The highest BCUT2D eigenvalue weighted by atomic mass is 35.5. The number of benzene rings is 2. The van der Waals surface area contributed by atoms with Gasteiger partial charge >= 0.3 is 0 Å². The van der Waals surface area contributed by atoms with Crippen LogP contribution in [0.3, 0.4) is 0 Å². The second-order valence-electron chi connectivity index (χ2n) is 6.14. The first-order valence-electron chi connectivity index (χ1n) is 8.76. The Balaban J connectivity index is 1.77. The zero-order chi connectivity index (χ0) is 19.2. The van der Waals surface area contributed by atoms with E-state index in [0.717, 1.165) is 12.1 Å². The summed E-state index contributed by atoms with van der Waals surface area (Å²) in [5, 5.41) is 7.21. The summed E-state index contributed by atoms with van der Waals surface area (Å²) < 4.78 is 0. The van der Waals surface area contributed by atoms with Gasteiger partial charge in [0.25, 0.3) is 0 Å². The van der Waals surface area contributed by atoms with Crippen molar-refractivity contribution >= 4 is 51.9 Å². The monoisotopic (exact) mass is 401 g/mol. The SMILES string of the molecule is CCCCc1ccc(Nc2ncnc(Nc3cccc(Cl)c3Cl)c2N)cc1.